The predicted molar refractivity (Wildman–Crippen MR) is 65.2 cm³/mol. The maximum Gasteiger partial charge on any atom is 0.140 e. The number of aromatic nitrogens is 2. The number of methoxy groups -OCH3 is 1. The number of hydrogen-bond acceptors (Lipinski definition) is 5. The molecular formula is C11H16ClN3O2. The van der Waals surface area contributed by atoms with Crippen LogP contribution in [0.15, 0.2) is 6.33 Å². The van der Waals surface area contributed by atoms with E-state index in [9.17, 15) is 5.11 Å². The number of rotatable bonds is 6. The van der Waals surface area contributed by atoms with Gasteiger partial charge in [-0.05, 0) is 12.8 Å². The van der Waals surface area contributed by atoms with Crippen molar-refractivity contribution in [2.45, 2.75) is 25.5 Å². The zero-order chi connectivity index (χ0) is 12.3. The zero-order valence-corrected chi connectivity index (χ0v) is 10.5. The number of hydrogen-bond donors (Lipinski definition) is 1. The van der Waals surface area contributed by atoms with E-state index in [1.807, 2.05) is 0 Å². The lowest BCUT2D eigenvalue weighted by atomic mass is 10.3. The minimum Gasteiger partial charge on any atom is -0.391 e. The Kier molecular flexibility index (Phi) is 4.15. The Bertz CT molecular complexity index is 385. The van der Waals surface area contributed by atoms with E-state index in [1.165, 1.54) is 6.33 Å². The molecule has 0 amide bonds. The maximum atomic E-state index is 9.35. The molecule has 5 nitrogen and oxygen atoms in total. The van der Waals surface area contributed by atoms with Gasteiger partial charge in [-0.1, -0.05) is 11.6 Å². The van der Waals surface area contributed by atoms with Gasteiger partial charge in [0, 0.05) is 19.7 Å². The Balaban J connectivity index is 2.25. The van der Waals surface area contributed by atoms with Crippen molar-refractivity contribution in [1.29, 1.82) is 0 Å². The molecule has 0 saturated heterocycles. The molecule has 1 fully saturated rings. The average molecular weight is 258 g/mol. The molecular weight excluding hydrogens is 242 g/mol. The minimum atomic E-state index is -0.148. The van der Waals surface area contributed by atoms with E-state index in [-0.39, 0.29) is 6.61 Å². The summed E-state index contributed by atoms with van der Waals surface area (Å²) >= 11 is 5.96. The first-order chi connectivity index (χ1) is 8.27. The van der Waals surface area contributed by atoms with Crippen molar-refractivity contribution in [3.05, 3.63) is 17.0 Å². The summed E-state index contributed by atoms with van der Waals surface area (Å²) in [4.78, 5) is 10.3. The molecule has 1 N–H and O–H groups in total. The van der Waals surface area contributed by atoms with Crippen LogP contribution in [0.5, 0.6) is 0 Å². The van der Waals surface area contributed by atoms with E-state index >= 15 is 0 Å². The van der Waals surface area contributed by atoms with Gasteiger partial charge < -0.3 is 14.7 Å². The highest BCUT2D eigenvalue weighted by molar-refractivity contribution is 6.30. The normalized spacial score (nSPS) is 15.0. The van der Waals surface area contributed by atoms with Gasteiger partial charge in [0.25, 0.3) is 0 Å². The van der Waals surface area contributed by atoms with E-state index in [0.717, 1.165) is 25.2 Å². The van der Waals surface area contributed by atoms with Gasteiger partial charge >= 0.3 is 0 Å². The largest absolute Gasteiger partial charge is 0.391 e. The van der Waals surface area contributed by atoms with Crippen LogP contribution in [0.3, 0.4) is 0 Å². The van der Waals surface area contributed by atoms with Crippen molar-refractivity contribution in [3.8, 4) is 0 Å². The van der Waals surface area contributed by atoms with Crippen LogP contribution in [-0.4, -0.2) is 41.4 Å². The molecule has 1 aromatic rings. The van der Waals surface area contributed by atoms with Crippen molar-refractivity contribution in [2.75, 3.05) is 25.2 Å². The van der Waals surface area contributed by atoms with Gasteiger partial charge in [0.05, 0.1) is 18.8 Å². The summed E-state index contributed by atoms with van der Waals surface area (Å²) in [6, 6.07) is 0.487. The van der Waals surface area contributed by atoms with Crippen LogP contribution in [0.4, 0.5) is 5.82 Å². The summed E-state index contributed by atoms with van der Waals surface area (Å²) < 4.78 is 5.09. The van der Waals surface area contributed by atoms with Gasteiger partial charge in [0.1, 0.15) is 17.3 Å². The fourth-order valence-electron chi connectivity index (χ4n) is 1.80. The first-order valence-corrected chi connectivity index (χ1v) is 6.01. The first-order valence-electron chi connectivity index (χ1n) is 5.63. The third-order valence-corrected chi connectivity index (χ3v) is 3.15. The van der Waals surface area contributed by atoms with E-state index < -0.39 is 0 Å². The quantitative estimate of drug-likeness (QED) is 0.777. The Morgan fingerprint density at radius 1 is 1.53 bits per heavy atom. The number of ether oxygens (including phenoxy) is 1. The van der Waals surface area contributed by atoms with Crippen molar-refractivity contribution < 1.29 is 9.84 Å². The lowest BCUT2D eigenvalue weighted by Gasteiger charge is -2.25. The number of nitrogens with zero attached hydrogens (tertiary/aromatic N) is 3. The second-order valence-electron chi connectivity index (χ2n) is 4.04. The summed E-state index contributed by atoms with van der Waals surface area (Å²) in [5, 5.41) is 9.67. The molecule has 0 unspecified atom stereocenters. The third kappa shape index (κ3) is 2.86. The number of halogens is 1. The van der Waals surface area contributed by atoms with Gasteiger partial charge in [-0.2, -0.15) is 0 Å². The van der Waals surface area contributed by atoms with Gasteiger partial charge in [-0.25, -0.2) is 9.97 Å². The van der Waals surface area contributed by atoms with Crippen molar-refractivity contribution in [3.63, 3.8) is 0 Å². The molecule has 0 aromatic carbocycles. The highest BCUT2D eigenvalue weighted by Gasteiger charge is 2.31. The van der Waals surface area contributed by atoms with Gasteiger partial charge in [-0.15, -0.1) is 0 Å². The summed E-state index contributed by atoms with van der Waals surface area (Å²) in [6.45, 7) is 1.23. The molecule has 0 radical (unpaired) electrons. The Hall–Kier alpha value is -0.910. The van der Waals surface area contributed by atoms with Crippen LogP contribution in [0.25, 0.3) is 0 Å². The number of aliphatic hydroxyl groups excluding tert-OH is 1. The predicted octanol–water partition coefficient (Wildman–Crippen LogP) is 1.24. The molecule has 94 valence electrons. The molecule has 0 atom stereocenters. The van der Waals surface area contributed by atoms with Crippen LogP contribution >= 0.6 is 11.6 Å². The summed E-state index contributed by atoms with van der Waals surface area (Å²) in [5.41, 5.74) is 0.595. The standard InChI is InChI=1S/C11H16ClN3O2/c1-17-5-4-15(8-2-3-8)11-9(6-16)10(12)13-7-14-11/h7-8,16H,2-6H2,1H3. The highest BCUT2D eigenvalue weighted by atomic mass is 35.5. The molecule has 1 saturated carbocycles. The third-order valence-electron chi connectivity index (χ3n) is 2.82. The Morgan fingerprint density at radius 3 is 2.88 bits per heavy atom. The fourth-order valence-corrected chi connectivity index (χ4v) is 1.99. The van der Waals surface area contributed by atoms with Crippen LogP contribution in [0, 0.1) is 0 Å². The molecule has 0 aliphatic heterocycles. The van der Waals surface area contributed by atoms with Crippen LogP contribution in [0.1, 0.15) is 18.4 Å². The van der Waals surface area contributed by atoms with Crippen LogP contribution in [-0.2, 0) is 11.3 Å². The summed E-state index contributed by atoms with van der Waals surface area (Å²) in [6.07, 6.45) is 3.73. The number of anilines is 1. The first kappa shape index (κ1) is 12.5. The van der Waals surface area contributed by atoms with E-state index in [0.29, 0.717) is 23.4 Å². The van der Waals surface area contributed by atoms with Crippen molar-refractivity contribution in [2.24, 2.45) is 0 Å². The summed E-state index contributed by atoms with van der Waals surface area (Å²) in [7, 11) is 1.67. The second-order valence-corrected chi connectivity index (χ2v) is 4.40. The molecule has 1 aliphatic carbocycles. The molecule has 2 rings (SSSR count). The monoisotopic (exact) mass is 257 g/mol. The number of aliphatic hydroxyl groups is 1. The smallest absolute Gasteiger partial charge is 0.140 e. The second kappa shape index (κ2) is 5.62. The van der Waals surface area contributed by atoms with Gasteiger partial charge in [0.15, 0.2) is 0 Å². The SMILES string of the molecule is COCCN(c1ncnc(Cl)c1CO)C1CC1. The van der Waals surface area contributed by atoms with E-state index in [1.54, 1.807) is 7.11 Å². The van der Waals surface area contributed by atoms with Crippen molar-refractivity contribution in [1.82, 2.24) is 9.97 Å². The lowest BCUT2D eigenvalue weighted by molar-refractivity contribution is 0.204. The van der Waals surface area contributed by atoms with Crippen LogP contribution < -0.4 is 4.90 Å². The summed E-state index contributed by atoms with van der Waals surface area (Å²) in [5.74, 6) is 0.729. The maximum absolute atomic E-state index is 9.35. The topological polar surface area (TPSA) is 58.5 Å². The Morgan fingerprint density at radius 2 is 2.29 bits per heavy atom. The minimum absolute atomic E-state index is 0.148. The molecule has 6 heteroatoms. The molecule has 0 spiro atoms. The fraction of sp³-hybridized carbons (Fsp3) is 0.636. The van der Waals surface area contributed by atoms with Gasteiger partial charge in [0.2, 0.25) is 0 Å². The van der Waals surface area contributed by atoms with Gasteiger partial charge in [-0.3, -0.25) is 0 Å². The molecule has 17 heavy (non-hydrogen) atoms. The molecule has 1 aromatic heterocycles. The molecule has 0 bridgehead atoms. The highest BCUT2D eigenvalue weighted by Crippen LogP contribution is 2.33. The van der Waals surface area contributed by atoms with E-state index in [4.69, 9.17) is 16.3 Å². The molecule has 1 aliphatic rings. The average Bonchev–Trinajstić information content (AvgIpc) is 3.14. The Labute approximate surface area is 105 Å². The van der Waals surface area contributed by atoms with E-state index in [2.05, 4.69) is 14.9 Å². The molecule has 1 heterocycles. The van der Waals surface area contributed by atoms with Crippen molar-refractivity contribution >= 4 is 17.4 Å². The lowest BCUT2D eigenvalue weighted by Crippen LogP contribution is -2.31. The van der Waals surface area contributed by atoms with Crippen LogP contribution in [0.2, 0.25) is 5.15 Å². The zero-order valence-electron chi connectivity index (χ0n) is 9.77.